The fourth-order valence-corrected chi connectivity index (χ4v) is 4.08. The largest absolute Gasteiger partial charge is 0.488 e. The van der Waals surface area contributed by atoms with E-state index in [9.17, 15) is 18.1 Å². The second kappa shape index (κ2) is 9.12. The average Bonchev–Trinajstić information content (AvgIpc) is 2.72. The van der Waals surface area contributed by atoms with Gasteiger partial charge in [0.2, 0.25) is 9.84 Å². The van der Waals surface area contributed by atoms with Gasteiger partial charge in [0.05, 0.1) is 9.92 Å². The normalized spacial score (nSPS) is 11.7. The van der Waals surface area contributed by atoms with Crippen molar-refractivity contribution >= 4 is 27.5 Å². The summed E-state index contributed by atoms with van der Waals surface area (Å²) in [5.41, 5.74) is 1.46. The first kappa shape index (κ1) is 21.6. The predicted molar refractivity (Wildman–Crippen MR) is 114 cm³/mol. The van der Waals surface area contributed by atoms with E-state index < -0.39 is 20.6 Å². The van der Waals surface area contributed by atoms with Gasteiger partial charge in [-0.3, -0.25) is 0 Å². The van der Waals surface area contributed by atoms with Crippen molar-refractivity contribution in [2.24, 2.45) is 0 Å². The van der Waals surface area contributed by atoms with E-state index in [2.05, 4.69) is 0 Å². The van der Waals surface area contributed by atoms with Crippen molar-refractivity contribution < 1.29 is 17.5 Å². The van der Waals surface area contributed by atoms with Crippen LogP contribution in [0.4, 0.5) is 4.39 Å². The summed E-state index contributed by atoms with van der Waals surface area (Å²) in [6.45, 7) is 1.69. The van der Waals surface area contributed by atoms with E-state index in [0.717, 1.165) is 5.56 Å². The Morgan fingerprint density at radius 2 is 1.80 bits per heavy atom. The molecule has 0 aliphatic heterocycles. The smallest absolute Gasteiger partial charge is 0.216 e. The molecule has 0 aliphatic carbocycles. The van der Waals surface area contributed by atoms with Gasteiger partial charge in [0.25, 0.3) is 0 Å². The monoisotopic (exact) mass is 441 g/mol. The van der Waals surface area contributed by atoms with Crippen LogP contribution in [0.5, 0.6) is 5.75 Å². The van der Waals surface area contributed by atoms with Gasteiger partial charge in [-0.25, -0.2) is 12.8 Å². The second-order valence-corrected chi connectivity index (χ2v) is 8.79. The van der Waals surface area contributed by atoms with Crippen molar-refractivity contribution in [2.75, 3.05) is 0 Å². The number of benzene rings is 3. The number of nitrogens with zero attached hydrogens (tertiary/aromatic N) is 1. The number of hydrogen-bond donors (Lipinski definition) is 0. The molecule has 0 bridgehead atoms. The van der Waals surface area contributed by atoms with E-state index >= 15 is 0 Å². The van der Waals surface area contributed by atoms with Gasteiger partial charge < -0.3 is 4.74 Å². The van der Waals surface area contributed by atoms with E-state index in [1.165, 1.54) is 30.3 Å². The molecule has 0 aliphatic rings. The summed E-state index contributed by atoms with van der Waals surface area (Å²) in [5.74, 6) is -0.209. The quantitative estimate of drug-likeness (QED) is 0.460. The first-order valence-corrected chi connectivity index (χ1v) is 10.8. The zero-order valence-electron chi connectivity index (χ0n) is 16.0. The molecule has 3 rings (SSSR count). The van der Waals surface area contributed by atoms with Crippen molar-refractivity contribution in [2.45, 2.75) is 18.4 Å². The molecule has 0 unspecified atom stereocenters. The zero-order chi connectivity index (χ0) is 21.7. The predicted octanol–water partition coefficient (Wildman–Crippen LogP) is 5.70. The molecule has 0 fully saturated rings. The van der Waals surface area contributed by atoms with Crippen molar-refractivity contribution in [3.63, 3.8) is 0 Å². The molecule has 0 atom stereocenters. The second-order valence-electron chi connectivity index (χ2n) is 6.46. The molecule has 30 heavy (non-hydrogen) atoms. The molecule has 0 radical (unpaired) electrons. The van der Waals surface area contributed by atoms with Gasteiger partial charge in [-0.05, 0) is 43.3 Å². The Morgan fingerprint density at radius 1 is 1.10 bits per heavy atom. The van der Waals surface area contributed by atoms with E-state index in [0.29, 0.717) is 11.3 Å². The average molecular weight is 442 g/mol. The number of ether oxygens (including phenoxy) is 1. The van der Waals surface area contributed by atoms with E-state index in [-0.39, 0.29) is 22.1 Å². The van der Waals surface area contributed by atoms with Gasteiger partial charge in [0.1, 0.15) is 29.1 Å². The third kappa shape index (κ3) is 4.70. The third-order valence-electron chi connectivity index (χ3n) is 4.37. The molecule has 0 heterocycles. The standard InChI is InChI=1S/C23H17ClFNO3S/c1-16-9-11-18(12-10-16)30(27,28)19(14-26)13-17-5-2-3-8-23(17)29-15-20-21(24)6-4-7-22(20)25/h2-13H,15H2,1H3. The molecule has 4 nitrogen and oxygen atoms in total. The van der Waals surface area contributed by atoms with Crippen LogP contribution in [0.2, 0.25) is 5.02 Å². The highest BCUT2D eigenvalue weighted by atomic mass is 35.5. The van der Waals surface area contributed by atoms with Crippen molar-refractivity contribution in [3.8, 4) is 11.8 Å². The lowest BCUT2D eigenvalue weighted by Gasteiger charge is -2.11. The van der Waals surface area contributed by atoms with Crippen LogP contribution < -0.4 is 4.74 Å². The number of halogens is 2. The zero-order valence-corrected chi connectivity index (χ0v) is 17.5. The summed E-state index contributed by atoms with van der Waals surface area (Å²) in [6.07, 6.45) is 1.24. The molecule has 3 aromatic rings. The van der Waals surface area contributed by atoms with Gasteiger partial charge in [-0.2, -0.15) is 5.26 Å². The Hall–Kier alpha value is -3.14. The molecule has 0 spiro atoms. The Balaban J connectivity index is 1.95. The van der Waals surface area contributed by atoms with Crippen LogP contribution in [-0.4, -0.2) is 8.42 Å². The summed E-state index contributed by atoms with van der Waals surface area (Å²) in [5, 5.41) is 9.73. The number of allylic oxidation sites excluding steroid dienone is 1. The van der Waals surface area contributed by atoms with Gasteiger partial charge in [-0.1, -0.05) is 53.6 Å². The molecular weight excluding hydrogens is 425 g/mol. The fraction of sp³-hybridized carbons (Fsp3) is 0.0870. The van der Waals surface area contributed by atoms with Gasteiger partial charge >= 0.3 is 0 Å². The van der Waals surface area contributed by atoms with Crippen LogP contribution in [0.25, 0.3) is 6.08 Å². The Kier molecular flexibility index (Phi) is 6.56. The summed E-state index contributed by atoms with van der Waals surface area (Å²) < 4.78 is 45.4. The molecule has 0 amide bonds. The van der Waals surface area contributed by atoms with Gasteiger partial charge in [0, 0.05) is 11.1 Å². The van der Waals surface area contributed by atoms with Gasteiger partial charge in [-0.15, -0.1) is 0 Å². The lowest BCUT2D eigenvalue weighted by Crippen LogP contribution is -2.04. The van der Waals surface area contributed by atoms with Crippen LogP contribution >= 0.6 is 11.6 Å². The highest BCUT2D eigenvalue weighted by Crippen LogP contribution is 2.28. The van der Waals surface area contributed by atoms with Crippen molar-refractivity contribution in [3.05, 3.63) is 99.2 Å². The first-order chi connectivity index (χ1) is 14.3. The maximum atomic E-state index is 14.0. The number of sulfone groups is 1. The van der Waals surface area contributed by atoms with Crippen LogP contribution in [0, 0.1) is 24.1 Å². The lowest BCUT2D eigenvalue weighted by molar-refractivity contribution is 0.299. The number of nitriles is 1. The Bertz CT molecular complexity index is 1230. The van der Waals surface area contributed by atoms with Crippen molar-refractivity contribution in [1.29, 1.82) is 5.26 Å². The van der Waals surface area contributed by atoms with E-state index in [1.54, 1.807) is 48.5 Å². The first-order valence-electron chi connectivity index (χ1n) is 8.91. The molecular formula is C23H17ClFNO3S. The topological polar surface area (TPSA) is 67.2 Å². The minimum Gasteiger partial charge on any atom is -0.488 e. The maximum absolute atomic E-state index is 14.0. The molecule has 0 N–H and O–H groups in total. The molecule has 3 aromatic carbocycles. The highest BCUT2D eigenvalue weighted by molar-refractivity contribution is 7.95. The van der Waals surface area contributed by atoms with Crippen molar-refractivity contribution in [1.82, 2.24) is 0 Å². The minimum absolute atomic E-state index is 0.0254. The highest BCUT2D eigenvalue weighted by Gasteiger charge is 2.21. The fourth-order valence-electron chi connectivity index (χ4n) is 2.71. The summed E-state index contributed by atoms with van der Waals surface area (Å²) >= 11 is 6.03. The van der Waals surface area contributed by atoms with E-state index in [4.69, 9.17) is 16.3 Å². The molecule has 152 valence electrons. The third-order valence-corrected chi connectivity index (χ3v) is 6.41. The van der Waals surface area contributed by atoms with Crippen LogP contribution in [0.3, 0.4) is 0 Å². The SMILES string of the molecule is Cc1ccc(S(=O)(=O)C(C#N)=Cc2ccccc2OCc2c(F)cccc2Cl)cc1. The maximum Gasteiger partial charge on any atom is 0.216 e. The molecule has 0 aromatic heterocycles. The Labute approximate surface area is 179 Å². The lowest BCUT2D eigenvalue weighted by atomic mass is 10.2. The van der Waals surface area contributed by atoms with Crippen LogP contribution in [0.1, 0.15) is 16.7 Å². The van der Waals surface area contributed by atoms with Gasteiger partial charge in [0.15, 0.2) is 0 Å². The van der Waals surface area contributed by atoms with Crippen LogP contribution in [-0.2, 0) is 16.4 Å². The number of para-hydroxylation sites is 1. The van der Waals surface area contributed by atoms with Crippen LogP contribution in [0.15, 0.2) is 76.5 Å². The summed E-state index contributed by atoms with van der Waals surface area (Å²) in [7, 11) is -4.00. The number of hydrogen-bond acceptors (Lipinski definition) is 4. The Morgan fingerprint density at radius 3 is 2.47 bits per heavy atom. The van der Waals surface area contributed by atoms with E-state index in [1.807, 2.05) is 6.92 Å². The summed E-state index contributed by atoms with van der Waals surface area (Å²) in [4.78, 5) is -0.399. The number of rotatable bonds is 6. The summed E-state index contributed by atoms with van der Waals surface area (Å²) in [6, 6.07) is 18.9. The molecule has 7 heteroatoms. The molecule has 0 saturated carbocycles. The number of aryl methyl sites for hydroxylation is 1. The molecule has 0 saturated heterocycles. The minimum atomic E-state index is -4.00.